The first-order valence-electron chi connectivity index (χ1n) is 4.81. The third-order valence-corrected chi connectivity index (χ3v) is 3.51. The molecule has 0 radical (unpaired) electrons. The minimum atomic E-state index is -0.812. The Morgan fingerprint density at radius 2 is 1.85 bits per heavy atom. The fourth-order valence-electron chi connectivity index (χ4n) is 2.79. The van der Waals surface area contributed by atoms with Crippen LogP contribution in [-0.2, 0) is 0 Å². The summed E-state index contributed by atoms with van der Waals surface area (Å²) in [4.78, 5) is 12.2. The lowest BCUT2D eigenvalue weighted by Crippen LogP contribution is -2.45. The first-order chi connectivity index (χ1) is 6.22. The molecule has 0 aromatic carbocycles. The summed E-state index contributed by atoms with van der Waals surface area (Å²) < 4.78 is 0. The van der Waals surface area contributed by atoms with Gasteiger partial charge in [-0.1, -0.05) is 0 Å². The van der Waals surface area contributed by atoms with Crippen molar-refractivity contribution in [2.75, 3.05) is 19.7 Å². The Morgan fingerprint density at radius 3 is 2.23 bits per heavy atom. The van der Waals surface area contributed by atoms with Gasteiger partial charge in [0, 0.05) is 19.7 Å². The van der Waals surface area contributed by atoms with Crippen LogP contribution in [0.2, 0.25) is 0 Å². The van der Waals surface area contributed by atoms with Crippen LogP contribution in [0.4, 0.5) is 4.79 Å². The molecule has 0 spiro atoms. The smallest absolute Gasteiger partial charge is 0.407 e. The monoisotopic (exact) mass is 185 g/mol. The Labute approximate surface area is 77.2 Å². The lowest BCUT2D eigenvalue weighted by molar-refractivity contribution is 0.0628. The highest BCUT2D eigenvalue weighted by Gasteiger charge is 2.42. The number of aliphatic hydroxyl groups is 1. The second-order valence-corrected chi connectivity index (χ2v) is 4.13. The number of piperidine rings is 1. The molecule has 2 bridgehead atoms. The van der Waals surface area contributed by atoms with Crippen LogP contribution in [0.25, 0.3) is 0 Å². The Balaban J connectivity index is 2.06. The summed E-state index contributed by atoms with van der Waals surface area (Å²) in [5.74, 6) is 1.16. The molecule has 74 valence electrons. The van der Waals surface area contributed by atoms with Gasteiger partial charge in [0.2, 0.25) is 0 Å². The summed E-state index contributed by atoms with van der Waals surface area (Å²) in [5, 5.41) is 18.0. The first kappa shape index (κ1) is 8.81. The predicted molar refractivity (Wildman–Crippen MR) is 46.4 cm³/mol. The molecule has 0 aromatic heterocycles. The Bertz CT molecular complexity index is 205. The van der Waals surface area contributed by atoms with Crippen LogP contribution >= 0.6 is 0 Å². The normalized spacial score (nSPS) is 37.9. The minimum absolute atomic E-state index is 0.225. The molecule has 2 unspecified atom stereocenters. The van der Waals surface area contributed by atoms with Gasteiger partial charge in [-0.3, -0.25) is 0 Å². The van der Waals surface area contributed by atoms with Crippen LogP contribution in [0.3, 0.4) is 0 Å². The van der Waals surface area contributed by atoms with E-state index in [1.54, 1.807) is 0 Å². The van der Waals surface area contributed by atoms with Gasteiger partial charge in [-0.25, -0.2) is 4.79 Å². The largest absolute Gasteiger partial charge is 0.465 e. The zero-order valence-corrected chi connectivity index (χ0v) is 7.52. The summed E-state index contributed by atoms with van der Waals surface area (Å²) in [5.41, 5.74) is 0. The number of carbonyl (C=O) groups is 1. The minimum Gasteiger partial charge on any atom is -0.465 e. The van der Waals surface area contributed by atoms with E-state index in [1.807, 2.05) is 0 Å². The highest BCUT2D eigenvalue weighted by atomic mass is 16.4. The standard InChI is InChI=1S/C9H15NO3/c11-5-8-6-1-2-7(8)4-10(3-6)9(12)13/h6-8,11H,1-5H2,(H,12,13). The van der Waals surface area contributed by atoms with Crippen LogP contribution in [0.1, 0.15) is 12.8 Å². The van der Waals surface area contributed by atoms with Crippen molar-refractivity contribution in [2.45, 2.75) is 12.8 Å². The molecule has 4 nitrogen and oxygen atoms in total. The van der Waals surface area contributed by atoms with Crippen LogP contribution < -0.4 is 0 Å². The second-order valence-electron chi connectivity index (χ2n) is 4.13. The molecular formula is C9H15NO3. The summed E-state index contributed by atoms with van der Waals surface area (Å²) in [6.07, 6.45) is 1.35. The molecule has 1 heterocycles. The Hall–Kier alpha value is -0.770. The van der Waals surface area contributed by atoms with E-state index in [2.05, 4.69) is 0 Å². The van der Waals surface area contributed by atoms with E-state index in [4.69, 9.17) is 10.2 Å². The van der Waals surface area contributed by atoms with E-state index in [1.165, 1.54) is 4.90 Å². The highest BCUT2D eigenvalue weighted by molar-refractivity contribution is 5.65. The number of aliphatic hydroxyl groups excluding tert-OH is 1. The highest BCUT2D eigenvalue weighted by Crippen LogP contribution is 2.41. The van der Waals surface area contributed by atoms with E-state index >= 15 is 0 Å². The van der Waals surface area contributed by atoms with Crippen LogP contribution in [0, 0.1) is 17.8 Å². The molecule has 1 saturated carbocycles. The van der Waals surface area contributed by atoms with Gasteiger partial charge in [-0.05, 0) is 30.6 Å². The second kappa shape index (κ2) is 3.18. The summed E-state index contributed by atoms with van der Waals surface area (Å²) in [6, 6.07) is 0. The maximum atomic E-state index is 10.7. The van der Waals surface area contributed by atoms with Gasteiger partial charge in [0.05, 0.1) is 0 Å². The molecule has 13 heavy (non-hydrogen) atoms. The van der Waals surface area contributed by atoms with Crippen LogP contribution in [0.5, 0.6) is 0 Å². The van der Waals surface area contributed by atoms with Gasteiger partial charge in [0.1, 0.15) is 0 Å². The number of likely N-dealkylation sites (tertiary alicyclic amines) is 1. The molecule has 0 aromatic rings. The number of fused-ring (bicyclic) bond motifs is 2. The molecule has 1 amide bonds. The molecular weight excluding hydrogens is 170 g/mol. The number of hydrogen-bond donors (Lipinski definition) is 2. The molecule has 2 fully saturated rings. The molecule has 1 saturated heterocycles. The fourth-order valence-corrected chi connectivity index (χ4v) is 2.79. The molecule has 4 heteroatoms. The van der Waals surface area contributed by atoms with Crippen molar-refractivity contribution in [3.8, 4) is 0 Å². The van der Waals surface area contributed by atoms with Crippen molar-refractivity contribution >= 4 is 6.09 Å². The van der Waals surface area contributed by atoms with Gasteiger partial charge in [0.15, 0.2) is 0 Å². The Kier molecular flexibility index (Phi) is 2.15. The summed E-state index contributed by atoms with van der Waals surface area (Å²) >= 11 is 0. The zero-order valence-electron chi connectivity index (χ0n) is 7.52. The third kappa shape index (κ3) is 1.39. The van der Waals surface area contributed by atoms with Crippen molar-refractivity contribution in [1.29, 1.82) is 0 Å². The number of amides is 1. The average molecular weight is 185 g/mol. The molecule has 2 N–H and O–H groups in total. The summed E-state index contributed by atoms with van der Waals surface area (Å²) in [7, 11) is 0. The predicted octanol–water partition coefficient (Wildman–Crippen LogP) is 0.615. The fraction of sp³-hybridized carbons (Fsp3) is 0.889. The maximum Gasteiger partial charge on any atom is 0.407 e. The van der Waals surface area contributed by atoms with E-state index in [0.29, 0.717) is 30.8 Å². The van der Waals surface area contributed by atoms with Crippen molar-refractivity contribution in [3.05, 3.63) is 0 Å². The summed E-state index contributed by atoms with van der Waals surface area (Å²) in [6.45, 7) is 1.47. The lowest BCUT2D eigenvalue weighted by atomic mass is 9.86. The lowest BCUT2D eigenvalue weighted by Gasteiger charge is -2.35. The Morgan fingerprint density at radius 1 is 1.31 bits per heavy atom. The van der Waals surface area contributed by atoms with Gasteiger partial charge < -0.3 is 15.1 Å². The molecule has 2 aliphatic rings. The van der Waals surface area contributed by atoms with Crippen molar-refractivity contribution < 1.29 is 15.0 Å². The van der Waals surface area contributed by atoms with Crippen LogP contribution in [0.15, 0.2) is 0 Å². The molecule has 2 atom stereocenters. The van der Waals surface area contributed by atoms with Crippen molar-refractivity contribution in [3.63, 3.8) is 0 Å². The average Bonchev–Trinajstić information content (AvgIpc) is 2.34. The van der Waals surface area contributed by atoms with E-state index in [-0.39, 0.29) is 6.61 Å². The number of hydrogen-bond acceptors (Lipinski definition) is 2. The molecule has 2 rings (SSSR count). The third-order valence-electron chi connectivity index (χ3n) is 3.51. The maximum absolute atomic E-state index is 10.7. The molecule has 1 aliphatic heterocycles. The number of nitrogens with zero attached hydrogens (tertiary/aromatic N) is 1. The van der Waals surface area contributed by atoms with Gasteiger partial charge in [-0.2, -0.15) is 0 Å². The van der Waals surface area contributed by atoms with Gasteiger partial charge >= 0.3 is 6.09 Å². The number of carboxylic acid groups (broad SMARTS) is 1. The SMILES string of the molecule is O=C(O)N1CC2CCC(C1)C2CO. The quantitative estimate of drug-likeness (QED) is 0.629. The van der Waals surface area contributed by atoms with Gasteiger partial charge in [-0.15, -0.1) is 0 Å². The van der Waals surface area contributed by atoms with Crippen LogP contribution in [-0.4, -0.2) is 40.9 Å². The first-order valence-corrected chi connectivity index (χ1v) is 4.81. The van der Waals surface area contributed by atoms with E-state index < -0.39 is 6.09 Å². The molecule has 1 aliphatic carbocycles. The zero-order chi connectivity index (χ0) is 9.42. The number of rotatable bonds is 1. The van der Waals surface area contributed by atoms with Gasteiger partial charge in [0.25, 0.3) is 0 Å². The van der Waals surface area contributed by atoms with Crippen molar-refractivity contribution in [1.82, 2.24) is 4.90 Å². The van der Waals surface area contributed by atoms with E-state index in [0.717, 1.165) is 12.8 Å². The topological polar surface area (TPSA) is 60.8 Å². The van der Waals surface area contributed by atoms with Crippen molar-refractivity contribution in [2.24, 2.45) is 17.8 Å². The van der Waals surface area contributed by atoms with E-state index in [9.17, 15) is 4.79 Å².